The Morgan fingerprint density at radius 1 is 1.17 bits per heavy atom. The Kier molecular flexibility index (Phi) is 4.24. The molecule has 0 fully saturated rings. The predicted octanol–water partition coefficient (Wildman–Crippen LogP) is 1.06. The van der Waals surface area contributed by atoms with Gasteiger partial charge in [0.15, 0.2) is 5.56 Å². The van der Waals surface area contributed by atoms with Crippen LogP contribution in [0.5, 0.6) is 5.88 Å². The van der Waals surface area contributed by atoms with Crippen LogP contribution in [0.1, 0.15) is 15.9 Å². The summed E-state index contributed by atoms with van der Waals surface area (Å²) in [5, 5.41) is 11.9. The van der Waals surface area contributed by atoms with Crippen LogP contribution < -0.4 is 16.6 Å². The van der Waals surface area contributed by atoms with Gasteiger partial charge in [-0.3, -0.25) is 18.7 Å². The van der Waals surface area contributed by atoms with Crippen molar-refractivity contribution < 1.29 is 23.1 Å². The van der Waals surface area contributed by atoms with E-state index in [-0.39, 0.29) is 5.69 Å². The van der Waals surface area contributed by atoms with Gasteiger partial charge < -0.3 is 10.4 Å². The van der Waals surface area contributed by atoms with Crippen LogP contribution in [0.25, 0.3) is 0 Å². The fraction of sp³-hybridized carbons (Fsp3) is 0.214. The Hall–Kier alpha value is -3.04. The predicted molar refractivity (Wildman–Crippen MR) is 78.0 cm³/mol. The van der Waals surface area contributed by atoms with E-state index in [1.807, 2.05) is 0 Å². The minimum atomic E-state index is -4.60. The molecular formula is C14H12F3N3O4. The summed E-state index contributed by atoms with van der Waals surface area (Å²) in [4.78, 5) is 35.7. The quantitative estimate of drug-likeness (QED) is 0.853. The van der Waals surface area contributed by atoms with Crippen molar-refractivity contribution in [1.29, 1.82) is 0 Å². The molecule has 0 saturated carbocycles. The molecule has 0 bridgehead atoms. The Morgan fingerprint density at radius 3 is 2.38 bits per heavy atom. The van der Waals surface area contributed by atoms with Crippen molar-refractivity contribution in [3.63, 3.8) is 0 Å². The summed E-state index contributed by atoms with van der Waals surface area (Å²) >= 11 is 0. The maximum atomic E-state index is 12.7. The van der Waals surface area contributed by atoms with Crippen LogP contribution in [0.2, 0.25) is 0 Å². The van der Waals surface area contributed by atoms with Crippen molar-refractivity contribution in [2.45, 2.75) is 6.18 Å². The van der Waals surface area contributed by atoms with E-state index in [1.165, 1.54) is 6.07 Å². The standard InChI is InChI=1S/C14H12F3N3O4/c1-19-11(22)9(12(23)20(2)13(19)24)10(21)18-8-5-3-4-7(6-8)14(15,16)17/h3-6,22H,1-2H3,(H,18,21). The zero-order valence-corrected chi connectivity index (χ0v) is 12.5. The van der Waals surface area contributed by atoms with Crippen molar-refractivity contribution in [2.24, 2.45) is 14.1 Å². The van der Waals surface area contributed by atoms with E-state index in [0.29, 0.717) is 15.2 Å². The topological polar surface area (TPSA) is 93.3 Å². The molecule has 0 aliphatic heterocycles. The van der Waals surface area contributed by atoms with Gasteiger partial charge in [-0.2, -0.15) is 13.2 Å². The van der Waals surface area contributed by atoms with E-state index in [0.717, 1.165) is 26.2 Å². The lowest BCUT2D eigenvalue weighted by molar-refractivity contribution is -0.137. The number of amides is 1. The minimum absolute atomic E-state index is 0.217. The number of halogens is 3. The molecule has 10 heteroatoms. The molecule has 1 heterocycles. The maximum Gasteiger partial charge on any atom is 0.416 e. The number of carbonyl (C=O) groups is 1. The SMILES string of the molecule is Cn1c(O)c(C(=O)Nc2cccc(C(F)(F)F)c2)c(=O)n(C)c1=O. The third-order valence-electron chi connectivity index (χ3n) is 3.31. The molecule has 0 saturated heterocycles. The fourth-order valence-corrected chi connectivity index (χ4v) is 2.00. The molecule has 0 spiro atoms. The number of rotatable bonds is 2. The van der Waals surface area contributed by atoms with Crippen molar-refractivity contribution in [2.75, 3.05) is 5.32 Å². The molecule has 1 amide bonds. The summed E-state index contributed by atoms with van der Waals surface area (Å²) in [6, 6.07) is 3.77. The normalized spacial score (nSPS) is 11.4. The highest BCUT2D eigenvalue weighted by atomic mass is 19.4. The molecule has 2 N–H and O–H groups in total. The second kappa shape index (κ2) is 5.87. The number of aromatic hydroxyl groups is 1. The number of nitrogens with zero attached hydrogens (tertiary/aromatic N) is 2. The van der Waals surface area contributed by atoms with E-state index in [1.54, 1.807) is 0 Å². The van der Waals surface area contributed by atoms with E-state index >= 15 is 0 Å². The first-order chi connectivity index (χ1) is 11.0. The summed E-state index contributed by atoms with van der Waals surface area (Å²) in [5.74, 6) is -2.02. The monoisotopic (exact) mass is 343 g/mol. The van der Waals surface area contributed by atoms with Crippen LogP contribution in [0.4, 0.5) is 18.9 Å². The molecule has 1 aromatic heterocycles. The number of aromatic nitrogens is 2. The Balaban J connectivity index is 2.46. The smallest absolute Gasteiger partial charge is 0.416 e. The average Bonchev–Trinajstić information content (AvgIpc) is 2.50. The first-order valence-corrected chi connectivity index (χ1v) is 6.51. The highest BCUT2D eigenvalue weighted by Crippen LogP contribution is 2.30. The van der Waals surface area contributed by atoms with E-state index in [9.17, 15) is 32.7 Å². The number of carbonyl (C=O) groups excluding carboxylic acids is 1. The largest absolute Gasteiger partial charge is 0.494 e. The van der Waals surface area contributed by atoms with Gasteiger partial charge in [-0.05, 0) is 18.2 Å². The molecule has 0 aliphatic rings. The summed E-state index contributed by atoms with van der Waals surface area (Å²) in [7, 11) is 2.24. The first kappa shape index (κ1) is 17.3. The van der Waals surface area contributed by atoms with Gasteiger partial charge in [0.25, 0.3) is 11.5 Å². The number of hydrogen-bond acceptors (Lipinski definition) is 4. The molecule has 0 aliphatic carbocycles. The highest BCUT2D eigenvalue weighted by molar-refractivity contribution is 6.05. The number of alkyl halides is 3. The summed E-state index contributed by atoms with van der Waals surface area (Å²) in [6.45, 7) is 0. The Morgan fingerprint density at radius 2 is 1.79 bits per heavy atom. The van der Waals surface area contributed by atoms with E-state index < -0.39 is 40.3 Å². The maximum absolute atomic E-state index is 12.7. The third-order valence-corrected chi connectivity index (χ3v) is 3.31. The number of nitrogens with one attached hydrogen (secondary N) is 1. The van der Waals surface area contributed by atoms with E-state index in [2.05, 4.69) is 5.32 Å². The lowest BCUT2D eigenvalue weighted by atomic mass is 10.2. The molecule has 1 aromatic carbocycles. The van der Waals surface area contributed by atoms with Crippen LogP contribution in [0.3, 0.4) is 0 Å². The van der Waals surface area contributed by atoms with Gasteiger partial charge in [-0.15, -0.1) is 0 Å². The van der Waals surface area contributed by atoms with Crippen LogP contribution in [-0.2, 0) is 20.3 Å². The molecule has 2 rings (SSSR count). The van der Waals surface area contributed by atoms with E-state index in [4.69, 9.17) is 0 Å². The lowest BCUT2D eigenvalue weighted by Gasteiger charge is -2.12. The zero-order valence-electron chi connectivity index (χ0n) is 12.5. The minimum Gasteiger partial charge on any atom is -0.494 e. The number of anilines is 1. The summed E-state index contributed by atoms with van der Waals surface area (Å²) < 4.78 is 39.3. The molecule has 0 radical (unpaired) electrons. The van der Waals surface area contributed by atoms with Crippen LogP contribution in [-0.4, -0.2) is 20.1 Å². The molecular weight excluding hydrogens is 331 g/mol. The Labute approximate surface area is 132 Å². The average molecular weight is 343 g/mol. The van der Waals surface area contributed by atoms with Gasteiger partial charge in [0.1, 0.15) is 0 Å². The van der Waals surface area contributed by atoms with Crippen molar-refractivity contribution in [3.05, 3.63) is 56.2 Å². The second-order valence-corrected chi connectivity index (χ2v) is 4.94. The molecule has 2 aromatic rings. The van der Waals surface area contributed by atoms with Crippen molar-refractivity contribution >= 4 is 11.6 Å². The molecule has 24 heavy (non-hydrogen) atoms. The van der Waals surface area contributed by atoms with Crippen LogP contribution >= 0.6 is 0 Å². The van der Waals surface area contributed by atoms with Gasteiger partial charge in [-0.1, -0.05) is 6.07 Å². The van der Waals surface area contributed by atoms with Gasteiger partial charge in [-0.25, -0.2) is 4.79 Å². The van der Waals surface area contributed by atoms with Crippen LogP contribution in [0.15, 0.2) is 33.9 Å². The fourth-order valence-electron chi connectivity index (χ4n) is 2.00. The van der Waals surface area contributed by atoms with Crippen molar-refractivity contribution in [1.82, 2.24) is 9.13 Å². The molecule has 7 nitrogen and oxygen atoms in total. The number of benzene rings is 1. The first-order valence-electron chi connectivity index (χ1n) is 6.51. The van der Waals surface area contributed by atoms with Crippen LogP contribution in [0, 0.1) is 0 Å². The second-order valence-electron chi connectivity index (χ2n) is 4.94. The molecule has 0 atom stereocenters. The molecule has 0 unspecified atom stereocenters. The lowest BCUT2D eigenvalue weighted by Crippen LogP contribution is -2.40. The zero-order chi connectivity index (χ0) is 18.2. The Bertz CT molecular complexity index is 928. The van der Waals surface area contributed by atoms with Crippen molar-refractivity contribution in [3.8, 4) is 5.88 Å². The number of hydrogen-bond donors (Lipinski definition) is 2. The third kappa shape index (κ3) is 3.03. The highest BCUT2D eigenvalue weighted by Gasteiger charge is 2.30. The van der Waals surface area contributed by atoms with Gasteiger partial charge >= 0.3 is 11.9 Å². The van der Waals surface area contributed by atoms with Gasteiger partial charge in [0, 0.05) is 19.8 Å². The van der Waals surface area contributed by atoms with Gasteiger partial charge in [0.05, 0.1) is 5.56 Å². The molecule has 128 valence electrons. The summed E-state index contributed by atoms with van der Waals surface area (Å²) in [5.41, 5.74) is -3.88. The van der Waals surface area contributed by atoms with Gasteiger partial charge in [0.2, 0.25) is 5.88 Å². The summed E-state index contributed by atoms with van der Waals surface area (Å²) in [6.07, 6.45) is -4.60.